The number of piperidine rings is 1. The molecular weight excluding hydrogens is 456 g/mol. The monoisotopic (exact) mass is 478 g/mol. The van der Waals surface area contributed by atoms with Gasteiger partial charge in [0.1, 0.15) is 5.75 Å². The topological polar surface area (TPSA) is 49.9 Å². The van der Waals surface area contributed by atoms with Gasteiger partial charge < -0.3 is 14.5 Å². The lowest BCUT2D eigenvalue weighted by molar-refractivity contribution is -0.136. The number of carbonyl (C=O) groups is 2. The summed E-state index contributed by atoms with van der Waals surface area (Å²) in [5, 5.41) is 0.494. The van der Waals surface area contributed by atoms with E-state index >= 15 is 0 Å². The van der Waals surface area contributed by atoms with Gasteiger partial charge in [0.2, 0.25) is 5.91 Å². The highest BCUT2D eigenvalue weighted by Gasteiger charge is 2.30. The summed E-state index contributed by atoms with van der Waals surface area (Å²) in [6.07, 6.45) is 1.30. The maximum atomic E-state index is 12.9. The van der Waals surface area contributed by atoms with Crippen molar-refractivity contribution in [3.63, 3.8) is 0 Å². The van der Waals surface area contributed by atoms with Crippen molar-refractivity contribution in [2.24, 2.45) is 5.92 Å². The molecule has 0 radical (unpaired) electrons. The van der Waals surface area contributed by atoms with Gasteiger partial charge in [-0.15, -0.1) is 0 Å². The smallest absolute Gasteiger partial charge is 0.257 e. The Hall–Kier alpha value is -2.05. The second kappa shape index (κ2) is 9.63. The molecule has 1 fully saturated rings. The molecule has 0 unspecified atom stereocenters. The van der Waals surface area contributed by atoms with Gasteiger partial charge in [-0.1, -0.05) is 39.7 Å². The summed E-state index contributed by atoms with van der Waals surface area (Å²) < 4.78 is 6.31. The first kappa shape index (κ1) is 21.7. The van der Waals surface area contributed by atoms with Gasteiger partial charge in [-0.2, -0.15) is 0 Å². The molecule has 5 nitrogen and oxygen atoms in total. The zero-order valence-electron chi connectivity index (χ0n) is 16.5. The van der Waals surface area contributed by atoms with Gasteiger partial charge >= 0.3 is 0 Å². The van der Waals surface area contributed by atoms with Crippen LogP contribution in [0.15, 0.2) is 46.9 Å². The third kappa shape index (κ3) is 5.31. The molecule has 7 heteroatoms. The summed E-state index contributed by atoms with van der Waals surface area (Å²) in [7, 11) is 3.37. The Morgan fingerprint density at radius 2 is 1.83 bits per heavy atom. The van der Waals surface area contributed by atoms with Gasteiger partial charge in [-0.25, -0.2) is 0 Å². The van der Waals surface area contributed by atoms with Gasteiger partial charge in [0.05, 0.1) is 12.7 Å². The Balaban J connectivity index is 1.58. The second-order valence-electron chi connectivity index (χ2n) is 7.23. The summed E-state index contributed by atoms with van der Waals surface area (Å²) in [6.45, 7) is 1.65. The molecule has 0 saturated carbocycles. The molecule has 1 heterocycles. The van der Waals surface area contributed by atoms with Crippen LogP contribution in [0.4, 0.5) is 0 Å². The predicted molar refractivity (Wildman–Crippen MR) is 117 cm³/mol. The highest BCUT2D eigenvalue weighted by molar-refractivity contribution is 9.10. The highest BCUT2D eigenvalue weighted by Crippen LogP contribution is 2.27. The number of nitrogens with zero attached hydrogens (tertiary/aromatic N) is 2. The van der Waals surface area contributed by atoms with Crippen molar-refractivity contribution in [2.75, 3.05) is 27.2 Å². The number of carbonyl (C=O) groups excluding carboxylic acids is 2. The number of methoxy groups -OCH3 is 1. The molecule has 2 amide bonds. The molecule has 0 spiro atoms. The first-order chi connectivity index (χ1) is 13.9. The highest BCUT2D eigenvalue weighted by atomic mass is 79.9. The van der Waals surface area contributed by atoms with Crippen molar-refractivity contribution in [1.29, 1.82) is 0 Å². The third-order valence-electron chi connectivity index (χ3n) is 5.23. The van der Waals surface area contributed by atoms with Crippen LogP contribution in [0.2, 0.25) is 5.02 Å². The second-order valence-corrected chi connectivity index (χ2v) is 8.58. The maximum Gasteiger partial charge on any atom is 0.257 e. The average Bonchev–Trinajstić information content (AvgIpc) is 2.74. The number of hydrogen-bond donors (Lipinski definition) is 0. The SMILES string of the molecule is COc1ccc(Cl)cc1C(=O)N1CCC(C(=O)N(C)Cc2ccc(Br)cc2)CC1. The Kier molecular flexibility index (Phi) is 7.19. The number of halogens is 2. The Labute approximate surface area is 184 Å². The van der Waals surface area contributed by atoms with Crippen LogP contribution < -0.4 is 4.74 Å². The van der Waals surface area contributed by atoms with Crippen molar-refractivity contribution in [1.82, 2.24) is 9.80 Å². The standard InChI is InChI=1S/C22H24BrClN2O3/c1-25(14-15-3-5-17(23)6-4-15)21(27)16-9-11-26(12-10-16)22(28)19-13-18(24)7-8-20(19)29-2/h3-8,13,16H,9-12,14H2,1-2H3. The van der Waals surface area contributed by atoms with Crippen LogP contribution in [-0.4, -0.2) is 48.9 Å². The molecule has 0 bridgehead atoms. The molecular formula is C22H24BrClN2O3. The number of hydrogen-bond acceptors (Lipinski definition) is 3. The summed E-state index contributed by atoms with van der Waals surface area (Å²) >= 11 is 9.47. The van der Waals surface area contributed by atoms with E-state index in [1.165, 1.54) is 7.11 Å². The summed E-state index contributed by atoms with van der Waals surface area (Å²) in [4.78, 5) is 29.3. The van der Waals surface area contributed by atoms with Crippen molar-refractivity contribution in [3.05, 3.63) is 63.1 Å². The van der Waals surface area contributed by atoms with Crippen molar-refractivity contribution >= 4 is 39.3 Å². The molecule has 0 atom stereocenters. The van der Waals surface area contributed by atoms with Crippen LogP contribution in [0.3, 0.4) is 0 Å². The van der Waals surface area contributed by atoms with E-state index in [-0.39, 0.29) is 17.7 Å². The number of amides is 2. The van der Waals surface area contributed by atoms with Crippen LogP contribution in [-0.2, 0) is 11.3 Å². The van der Waals surface area contributed by atoms with Gasteiger partial charge in [0, 0.05) is 42.1 Å². The summed E-state index contributed by atoms with van der Waals surface area (Å²) in [6, 6.07) is 13.0. The molecule has 0 aromatic heterocycles. The van der Waals surface area contributed by atoms with E-state index in [1.54, 1.807) is 28.0 Å². The van der Waals surface area contributed by atoms with E-state index in [1.807, 2.05) is 31.3 Å². The molecule has 1 aliphatic heterocycles. The fourth-order valence-corrected chi connectivity index (χ4v) is 4.04. The first-order valence-corrected chi connectivity index (χ1v) is 10.7. The number of benzene rings is 2. The zero-order valence-corrected chi connectivity index (χ0v) is 18.9. The minimum atomic E-state index is -0.113. The Morgan fingerprint density at radius 3 is 2.45 bits per heavy atom. The average molecular weight is 480 g/mol. The molecule has 2 aromatic rings. The van der Waals surface area contributed by atoms with Crippen molar-refractivity contribution in [2.45, 2.75) is 19.4 Å². The van der Waals surface area contributed by atoms with Crippen LogP contribution in [0.1, 0.15) is 28.8 Å². The minimum absolute atomic E-state index is 0.0687. The van der Waals surface area contributed by atoms with Gasteiger partial charge in [-0.05, 0) is 48.7 Å². The largest absolute Gasteiger partial charge is 0.496 e. The lowest BCUT2D eigenvalue weighted by Crippen LogP contribution is -2.43. The van der Waals surface area contributed by atoms with E-state index in [2.05, 4.69) is 15.9 Å². The molecule has 29 heavy (non-hydrogen) atoms. The molecule has 0 aliphatic carbocycles. The quantitative estimate of drug-likeness (QED) is 0.629. The first-order valence-electron chi connectivity index (χ1n) is 9.51. The van der Waals surface area contributed by atoms with E-state index in [0.29, 0.717) is 48.8 Å². The number of rotatable bonds is 5. The lowest BCUT2D eigenvalue weighted by atomic mass is 9.94. The van der Waals surface area contributed by atoms with E-state index in [9.17, 15) is 9.59 Å². The molecule has 1 aliphatic rings. The Morgan fingerprint density at radius 1 is 1.17 bits per heavy atom. The molecule has 0 N–H and O–H groups in total. The van der Waals surface area contributed by atoms with Gasteiger partial charge in [0.15, 0.2) is 0 Å². The van der Waals surface area contributed by atoms with Crippen molar-refractivity contribution < 1.29 is 14.3 Å². The third-order valence-corrected chi connectivity index (χ3v) is 6.00. The predicted octanol–water partition coefficient (Wildman–Crippen LogP) is 4.62. The van der Waals surface area contributed by atoms with Crippen LogP contribution in [0, 0.1) is 5.92 Å². The normalized spacial score (nSPS) is 14.6. The number of ether oxygens (including phenoxy) is 1. The van der Waals surface area contributed by atoms with Crippen molar-refractivity contribution in [3.8, 4) is 5.75 Å². The fraction of sp³-hybridized carbons (Fsp3) is 0.364. The van der Waals surface area contributed by atoms with E-state index in [0.717, 1.165) is 10.0 Å². The van der Waals surface area contributed by atoms with Gasteiger partial charge in [-0.3, -0.25) is 9.59 Å². The molecule has 154 valence electrons. The van der Waals surface area contributed by atoms with E-state index < -0.39 is 0 Å². The van der Waals surface area contributed by atoms with Gasteiger partial charge in [0.25, 0.3) is 5.91 Å². The molecule has 1 saturated heterocycles. The zero-order chi connectivity index (χ0) is 21.0. The van der Waals surface area contributed by atoms with Crippen LogP contribution in [0.25, 0.3) is 0 Å². The van der Waals surface area contributed by atoms with E-state index in [4.69, 9.17) is 16.3 Å². The number of likely N-dealkylation sites (tertiary alicyclic amines) is 1. The summed E-state index contributed by atoms with van der Waals surface area (Å²) in [5.74, 6) is 0.450. The fourth-order valence-electron chi connectivity index (χ4n) is 3.60. The van der Waals surface area contributed by atoms with Crippen LogP contribution in [0.5, 0.6) is 5.75 Å². The molecule has 3 rings (SSSR count). The summed E-state index contributed by atoms with van der Waals surface area (Å²) in [5.41, 5.74) is 1.54. The Bertz CT molecular complexity index is 880. The lowest BCUT2D eigenvalue weighted by Gasteiger charge is -2.33. The minimum Gasteiger partial charge on any atom is -0.496 e. The molecule has 2 aromatic carbocycles. The van der Waals surface area contributed by atoms with Crippen LogP contribution >= 0.6 is 27.5 Å². The maximum absolute atomic E-state index is 12.9.